The van der Waals surface area contributed by atoms with Crippen molar-refractivity contribution in [3.63, 3.8) is 0 Å². The van der Waals surface area contributed by atoms with Crippen molar-refractivity contribution in [2.45, 2.75) is 32.9 Å². The van der Waals surface area contributed by atoms with E-state index in [-0.39, 0.29) is 5.54 Å². The van der Waals surface area contributed by atoms with Gasteiger partial charge in [0.2, 0.25) is 0 Å². The Kier molecular flexibility index (Phi) is 2.40. The van der Waals surface area contributed by atoms with Gasteiger partial charge in [0.25, 0.3) is 0 Å². The molecule has 2 heterocycles. The zero-order valence-corrected chi connectivity index (χ0v) is 9.20. The summed E-state index contributed by atoms with van der Waals surface area (Å²) in [6.07, 6.45) is 3.24. The molecule has 0 atom stereocenters. The molecule has 0 radical (unpaired) electrons. The molecule has 80 valence electrons. The number of H-pyrrole nitrogens is 1. The quantitative estimate of drug-likeness (QED) is 0.774. The minimum Gasteiger partial charge on any atom is -0.338 e. The van der Waals surface area contributed by atoms with Crippen molar-refractivity contribution >= 4 is 11.2 Å². The van der Waals surface area contributed by atoms with Crippen molar-refractivity contribution in [1.29, 1.82) is 0 Å². The fourth-order valence-corrected chi connectivity index (χ4v) is 1.24. The first kappa shape index (κ1) is 10.0. The van der Waals surface area contributed by atoms with Crippen molar-refractivity contribution in [2.75, 3.05) is 0 Å². The molecule has 0 fully saturated rings. The Hall–Kier alpha value is -1.49. The number of hydrogen-bond donors (Lipinski definition) is 2. The molecule has 0 saturated heterocycles. The van der Waals surface area contributed by atoms with Gasteiger partial charge in [0.1, 0.15) is 17.7 Å². The number of aromatic amines is 1. The number of nitrogens with zero attached hydrogens (tertiary/aromatic N) is 3. The molecule has 0 saturated carbocycles. The summed E-state index contributed by atoms with van der Waals surface area (Å²) >= 11 is 0. The second kappa shape index (κ2) is 3.58. The zero-order chi connectivity index (χ0) is 10.9. The minimum absolute atomic E-state index is 0.0879. The predicted molar refractivity (Wildman–Crippen MR) is 58.3 cm³/mol. The first-order valence-electron chi connectivity index (χ1n) is 4.94. The Labute approximate surface area is 88.4 Å². The highest BCUT2D eigenvalue weighted by Crippen LogP contribution is 2.07. The highest BCUT2D eigenvalue weighted by atomic mass is 15.1. The van der Waals surface area contributed by atoms with E-state index in [0.29, 0.717) is 6.54 Å². The summed E-state index contributed by atoms with van der Waals surface area (Å²) < 4.78 is 0. The van der Waals surface area contributed by atoms with E-state index < -0.39 is 0 Å². The average molecular weight is 205 g/mol. The van der Waals surface area contributed by atoms with Crippen LogP contribution in [0.15, 0.2) is 12.5 Å². The molecule has 15 heavy (non-hydrogen) atoms. The number of hydrogen-bond acceptors (Lipinski definition) is 4. The largest absolute Gasteiger partial charge is 0.338 e. The number of fused-ring (bicyclic) bond motifs is 1. The lowest BCUT2D eigenvalue weighted by Crippen LogP contribution is -2.35. The highest BCUT2D eigenvalue weighted by Gasteiger charge is 2.10. The van der Waals surface area contributed by atoms with Crippen molar-refractivity contribution < 1.29 is 0 Å². The third-order valence-corrected chi connectivity index (χ3v) is 2.00. The summed E-state index contributed by atoms with van der Waals surface area (Å²) in [5, 5.41) is 3.36. The molecule has 2 aromatic heterocycles. The molecule has 0 aliphatic rings. The van der Waals surface area contributed by atoms with Crippen LogP contribution in [0.1, 0.15) is 26.6 Å². The highest BCUT2D eigenvalue weighted by molar-refractivity contribution is 5.68. The first-order valence-corrected chi connectivity index (χ1v) is 4.94. The lowest BCUT2D eigenvalue weighted by molar-refractivity contribution is 0.419. The Bertz CT molecular complexity index is 421. The van der Waals surface area contributed by atoms with Crippen LogP contribution in [-0.4, -0.2) is 25.5 Å². The summed E-state index contributed by atoms with van der Waals surface area (Å²) in [6, 6.07) is 0. The second-order valence-electron chi connectivity index (χ2n) is 4.55. The van der Waals surface area contributed by atoms with Crippen LogP contribution >= 0.6 is 0 Å². The fourth-order valence-electron chi connectivity index (χ4n) is 1.24. The van der Waals surface area contributed by atoms with E-state index in [4.69, 9.17) is 0 Å². The number of rotatable bonds is 2. The molecule has 5 heteroatoms. The molecule has 0 spiro atoms. The molecule has 0 unspecified atom stereocenters. The molecule has 2 N–H and O–H groups in total. The van der Waals surface area contributed by atoms with Gasteiger partial charge in [-0.05, 0) is 20.8 Å². The number of aromatic nitrogens is 4. The van der Waals surface area contributed by atoms with Crippen LogP contribution in [0.2, 0.25) is 0 Å². The van der Waals surface area contributed by atoms with Crippen LogP contribution in [0.3, 0.4) is 0 Å². The van der Waals surface area contributed by atoms with E-state index in [1.165, 1.54) is 6.33 Å². The second-order valence-corrected chi connectivity index (χ2v) is 4.55. The number of imidazole rings is 1. The molecule has 5 nitrogen and oxygen atoms in total. The molecular formula is C10H15N5. The summed E-state index contributed by atoms with van der Waals surface area (Å²) in [4.78, 5) is 15.5. The predicted octanol–water partition coefficient (Wildman–Crippen LogP) is 1.24. The third kappa shape index (κ3) is 2.50. The van der Waals surface area contributed by atoms with E-state index in [1.807, 2.05) is 0 Å². The summed E-state index contributed by atoms with van der Waals surface area (Å²) in [5.74, 6) is 0.889. The average Bonchev–Trinajstić information content (AvgIpc) is 2.56. The molecule has 2 aromatic rings. The first-order chi connectivity index (χ1) is 7.04. The van der Waals surface area contributed by atoms with Crippen LogP contribution in [0, 0.1) is 0 Å². The Balaban J connectivity index is 2.16. The summed E-state index contributed by atoms with van der Waals surface area (Å²) in [6.45, 7) is 7.07. The topological polar surface area (TPSA) is 66.5 Å². The molecule has 0 aliphatic heterocycles. The Morgan fingerprint density at radius 3 is 2.87 bits per heavy atom. The van der Waals surface area contributed by atoms with Crippen LogP contribution in [0.5, 0.6) is 0 Å². The van der Waals surface area contributed by atoms with Crippen LogP contribution in [0.25, 0.3) is 11.2 Å². The van der Waals surface area contributed by atoms with Gasteiger partial charge >= 0.3 is 0 Å². The molecular weight excluding hydrogens is 190 g/mol. The Morgan fingerprint density at radius 2 is 2.20 bits per heavy atom. The maximum Gasteiger partial charge on any atom is 0.180 e. The van der Waals surface area contributed by atoms with Crippen molar-refractivity contribution in [1.82, 2.24) is 25.3 Å². The van der Waals surface area contributed by atoms with Gasteiger partial charge in [-0.3, -0.25) is 0 Å². The van der Waals surface area contributed by atoms with E-state index in [1.54, 1.807) is 6.20 Å². The summed E-state index contributed by atoms with van der Waals surface area (Å²) in [5.41, 5.74) is 1.68. The summed E-state index contributed by atoms with van der Waals surface area (Å²) in [7, 11) is 0. The molecule has 0 bridgehead atoms. The third-order valence-electron chi connectivity index (χ3n) is 2.00. The van der Waals surface area contributed by atoms with Crippen LogP contribution in [-0.2, 0) is 6.54 Å². The number of nitrogens with one attached hydrogen (secondary N) is 2. The Morgan fingerprint density at radius 1 is 1.40 bits per heavy atom. The van der Waals surface area contributed by atoms with Gasteiger partial charge in [0, 0.05) is 5.54 Å². The van der Waals surface area contributed by atoms with E-state index in [0.717, 1.165) is 17.0 Å². The van der Waals surface area contributed by atoms with Gasteiger partial charge in [0.05, 0.1) is 12.7 Å². The van der Waals surface area contributed by atoms with Gasteiger partial charge in [-0.15, -0.1) is 0 Å². The molecule has 0 aromatic carbocycles. The van der Waals surface area contributed by atoms with Gasteiger partial charge in [0.15, 0.2) is 5.65 Å². The van der Waals surface area contributed by atoms with Gasteiger partial charge in [-0.2, -0.15) is 0 Å². The van der Waals surface area contributed by atoms with E-state index in [9.17, 15) is 0 Å². The van der Waals surface area contributed by atoms with Crippen molar-refractivity contribution in [3.8, 4) is 0 Å². The monoisotopic (exact) mass is 205 g/mol. The maximum atomic E-state index is 4.35. The van der Waals surface area contributed by atoms with Crippen molar-refractivity contribution in [2.24, 2.45) is 0 Å². The molecule has 0 amide bonds. The lowest BCUT2D eigenvalue weighted by Gasteiger charge is -2.19. The zero-order valence-electron chi connectivity index (χ0n) is 9.20. The standard InChI is InChI=1S/C10H15N5/c1-10(2,3)13-5-8-14-7-4-11-6-12-9(7)15-8/h4,6,13H,5H2,1-3H3,(H,11,12,14,15). The molecule has 0 aliphatic carbocycles. The fraction of sp³-hybridized carbons (Fsp3) is 0.500. The lowest BCUT2D eigenvalue weighted by atomic mass is 10.1. The van der Waals surface area contributed by atoms with Crippen LogP contribution in [0.4, 0.5) is 0 Å². The normalized spacial score (nSPS) is 12.2. The van der Waals surface area contributed by atoms with Gasteiger partial charge in [-0.1, -0.05) is 0 Å². The van der Waals surface area contributed by atoms with E-state index in [2.05, 4.69) is 46.0 Å². The van der Waals surface area contributed by atoms with Gasteiger partial charge in [-0.25, -0.2) is 15.0 Å². The SMILES string of the molecule is CC(C)(C)NCc1nc2ncncc2[nH]1. The maximum absolute atomic E-state index is 4.35. The smallest absolute Gasteiger partial charge is 0.180 e. The van der Waals surface area contributed by atoms with E-state index >= 15 is 0 Å². The van der Waals surface area contributed by atoms with Crippen LogP contribution < -0.4 is 5.32 Å². The minimum atomic E-state index is 0.0879. The molecule has 2 rings (SSSR count). The van der Waals surface area contributed by atoms with Crippen molar-refractivity contribution in [3.05, 3.63) is 18.3 Å². The van der Waals surface area contributed by atoms with Gasteiger partial charge < -0.3 is 10.3 Å².